The molecule has 0 saturated carbocycles. The maximum Gasteiger partial charge on any atom is 0.362 e. The lowest BCUT2D eigenvalue weighted by Crippen LogP contribution is -2.23. The monoisotopic (exact) mass is 441 g/mol. The van der Waals surface area contributed by atoms with Crippen molar-refractivity contribution in [1.82, 2.24) is 14.7 Å². The van der Waals surface area contributed by atoms with E-state index in [9.17, 15) is 9.59 Å². The highest BCUT2D eigenvalue weighted by Crippen LogP contribution is 2.27. The van der Waals surface area contributed by atoms with Gasteiger partial charge in [0.1, 0.15) is 13.2 Å². The summed E-state index contributed by atoms with van der Waals surface area (Å²) < 4.78 is 17.6. The minimum absolute atomic E-state index is 0.0382. The maximum atomic E-state index is 12.8. The van der Waals surface area contributed by atoms with E-state index in [-0.39, 0.29) is 43.5 Å². The van der Waals surface area contributed by atoms with Gasteiger partial charge in [0.25, 0.3) is 0 Å². The summed E-state index contributed by atoms with van der Waals surface area (Å²) in [5, 5.41) is 4.30. The van der Waals surface area contributed by atoms with Gasteiger partial charge >= 0.3 is 11.9 Å². The van der Waals surface area contributed by atoms with Gasteiger partial charge in [-0.2, -0.15) is 5.10 Å². The first kappa shape index (κ1) is 25.0. The summed E-state index contributed by atoms with van der Waals surface area (Å²) in [5.74, 6) is 4.83. The van der Waals surface area contributed by atoms with Gasteiger partial charge in [0.2, 0.25) is 5.69 Å². The Kier molecular flexibility index (Phi) is 10.3. The summed E-state index contributed by atoms with van der Waals surface area (Å²) in [5.41, 5.74) is 0.850. The highest BCUT2D eigenvalue weighted by molar-refractivity contribution is 5.98. The average molecular weight is 442 g/mol. The van der Waals surface area contributed by atoms with Crippen LogP contribution in [-0.2, 0) is 22.6 Å². The Labute approximate surface area is 189 Å². The van der Waals surface area contributed by atoms with Gasteiger partial charge in [0.05, 0.1) is 19.8 Å². The molecule has 8 heteroatoms. The maximum absolute atomic E-state index is 12.8. The Hall–Kier alpha value is -3.31. The molecular weight excluding hydrogens is 410 g/mol. The first-order chi connectivity index (χ1) is 15.5. The second-order valence-electron chi connectivity index (χ2n) is 6.71. The minimum atomic E-state index is -0.670. The van der Waals surface area contributed by atoms with Crippen LogP contribution in [0.25, 0.3) is 0 Å². The molecule has 1 heterocycles. The normalized spacial score (nSPS) is 10.4. The molecule has 0 unspecified atom stereocenters. The van der Waals surface area contributed by atoms with Crippen molar-refractivity contribution in [1.29, 1.82) is 0 Å². The molecule has 0 aliphatic carbocycles. The Morgan fingerprint density at radius 1 is 0.969 bits per heavy atom. The summed E-state index contributed by atoms with van der Waals surface area (Å²) in [6.07, 6.45) is 0. The van der Waals surface area contributed by atoms with E-state index in [0.717, 1.165) is 18.7 Å². The zero-order chi connectivity index (χ0) is 23.3. The van der Waals surface area contributed by atoms with Gasteiger partial charge in [-0.1, -0.05) is 56.0 Å². The molecule has 0 fully saturated rings. The van der Waals surface area contributed by atoms with E-state index < -0.39 is 11.9 Å². The standard InChI is InChI=1S/C24H31N3O5/c1-5-26(6-2)16-12-13-17-27-21(24(29)31-8-4)22(20(25-27)23(28)30-7-3)32-18-19-14-10-9-11-15-19/h9-11,14-15H,5-8,16-18H2,1-4H3. The molecule has 8 nitrogen and oxygen atoms in total. The molecule has 0 aliphatic heterocycles. The quantitative estimate of drug-likeness (QED) is 0.391. The van der Waals surface area contributed by atoms with Gasteiger partial charge in [-0.3, -0.25) is 4.90 Å². The van der Waals surface area contributed by atoms with Gasteiger partial charge in [0.15, 0.2) is 11.4 Å². The molecule has 0 spiro atoms. The van der Waals surface area contributed by atoms with Gasteiger partial charge in [-0.15, -0.1) is 0 Å². The number of hydrogen-bond donors (Lipinski definition) is 0. The van der Waals surface area contributed by atoms with E-state index in [4.69, 9.17) is 14.2 Å². The summed E-state index contributed by atoms with van der Waals surface area (Å²) in [6, 6.07) is 9.43. The van der Waals surface area contributed by atoms with Crippen molar-refractivity contribution in [3.63, 3.8) is 0 Å². The van der Waals surface area contributed by atoms with Crippen molar-refractivity contribution < 1.29 is 23.8 Å². The fourth-order valence-corrected chi connectivity index (χ4v) is 2.90. The van der Waals surface area contributed by atoms with Crippen LogP contribution in [0.3, 0.4) is 0 Å². The molecule has 0 bridgehead atoms. The third-order valence-corrected chi connectivity index (χ3v) is 4.62. The third kappa shape index (κ3) is 6.86. The van der Waals surface area contributed by atoms with Gasteiger partial charge in [-0.05, 0) is 32.5 Å². The predicted molar refractivity (Wildman–Crippen MR) is 120 cm³/mol. The van der Waals surface area contributed by atoms with Gasteiger partial charge in [0, 0.05) is 0 Å². The van der Waals surface area contributed by atoms with Crippen LogP contribution in [0, 0.1) is 11.8 Å². The number of carbonyl (C=O) groups is 2. The van der Waals surface area contributed by atoms with E-state index >= 15 is 0 Å². The molecule has 2 rings (SSSR count). The highest BCUT2D eigenvalue weighted by atomic mass is 16.5. The topological polar surface area (TPSA) is 82.9 Å². The van der Waals surface area contributed by atoms with Crippen LogP contribution >= 0.6 is 0 Å². The molecule has 0 aliphatic rings. The smallest absolute Gasteiger partial charge is 0.362 e. The fraction of sp³-hybridized carbons (Fsp3) is 0.458. The second kappa shape index (κ2) is 13.2. The molecule has 32 heavy (non-hydrogen) atoms. The van der Waals surface area contributed by atoms with E-state index in [2.05, 4.69) is 35.7 Å². The molecule has 0 atom stereocenters. The first-order valence-electron chi connectivity index (χ1n) is 10.8. The molecule has 1 aromatic carbocycles. The van der Waals surface area contributed by atoms with Crippen LogP contribution < -0.4 is 4.74 Å². The second-order valence-corrected chi connectivity index (χ2v) is 6.71. The van der Waals surface area contributed by atoms with Crippen molar-refractivity contribution in [2.45, 2.75) is 40.8 Å². The number of rotatable bonds is 11. The Morgan fingerprint density at radius 2 is 1.62 bits per heavy atom. The highest BCUT2D eigenvalue weighted by Gasteiger charge is 2.30. The molecular formula is C24H31N3O5. The van der Waals surface area contributed by atoms with Crippen LogP contribution in [0.4, 0.5) is 0 Å². The zero-order valence-corrected chi connectivity index (χ0v) is 19.2. The summed E-state index contributed by atoms with van der Waals surface area (Å²) in [6.45, 7) is 10.5. The molecule has 2 aromatic rings. The number of nitrogens with zero attached hydrogens (tertiary/aromatic N) is 3. The van der Waals surface area contributed by atoms with Crippen molar-refractivity contribution in [3.05, 3.63) is 47.3 Å². The van der Waals surface area contributed by atoms with E-state index in [1.807, 2.05) is 30.3 Å². The summed E-state index contributed by atoms with van der Waals surface area (Å²) >= 11 is 0. The van der Waals surface area contributed by atoms with Crippen molar-refractivity contribution >= 4 is 11.9 Å². The van der Waals surface area contributed by atoms with Crippen LogP contribution in [0.15, 0.2) is 30.3 Å². The minimum Gasteiger partial charge on any atom is -0.484 e. The van der Waals surface area contributed by atoms with Crippen LogP contribution in [-0.4, -0.2) is 59.5 Å². The first-order valence-corrected chi connectivity index (χ1v) is 10.8. The lowest BCUT2D eigenvalue weighted by molar-refractivity contribution is 0.0506. The van der Waals surface area contributed by atoms with Crippen LogP contribution in [0.2, 0.25) is 0 Å². The molecule has 0 amide bonds. The SMILES string of the molecule is CCOC(=O)c1nn(CC#CCN(CC)CC)c(C(=O)OCC)c1OCc1ccccc1. The molecule has 172 valence electrons. The summed E-state index contributed by atoms with van der Waals surface area (Å²) in [7, 11) is 0. The Balaban J connectivity index is 2.40. The lowest BCUT2D eigenvalue weighted by Gasteiger charge is -2.13. The molecule has 0 N–H and O–H groups in total. The fourth-order valence-electron chi connectivity index (χ4n) is 2.90. The number of carbonyl (C=O) groups excluding carboxylic acids is 2. The number of hydrogen-bond acceptors (Lipinski definition) is 7. The van der Waals surface area contributed by atoms with Crippen LogP contribution in [0.1, 0.15) is 54.2 Å². The van der Waals surface area contributed by atoms with E-state index in [1.54, 1.807) is 13.8 Å². The number of aromatic nitrogens is 2. The molecule has 0 saturated heterocycles. The number of ether oxygens (including phenoxy) is 3. The van der Waals surface area contributed by atoms with Crippen molar-refractivity contribution in [2.24, 2.45) is 0 Å². The predicted octanol–water partition coefficient (Wildman–Crippen LogP) is 3.16. The Bertz CT molecular complexity index is 940. The van der Waals surface area contributed by atoms with Gasteiger partial charge in [-0.25, -0.2) is 14.3 Å². The average Bonchev–Trinajstić information content (AvgIpc) is 3.17. The van der Waals surface area contributed by atoms with Crippen LogP contribution in [0.5, 0.6) is 5.75 Å². The van der Waals surface area contributed by atoms with E-state index in [0.29, 0.717) is 6.54 Å². The van der Waals surface area contributed by atoms with E-state index in [1.165, 1.54) is 4.68 Å². The van der Waals surface area contributed by atoms with Gasteiger partial charge < -0.3 is 14.2 Å². The van der Waals surface area contributed by atoms with Crippen molar-refractivity contribution in [2.75, 3.05) is 32.8 Å². The largest absolute Gasteiger partial charge is 0.484 e. The van der Waals surface area contributed by atoms with Crippen molar-refractivity contribution in [3.8, 4) is 17.6 Å². The molecule has 1 aromatic heterocycles. The number of benzene rings is 1. The number of esters is 2. The molecule has 0 radical (unpaired) electrons. The third-order valence-electron chi connectivity index (χ3n) is 4.62. The lowest BCUT2D eigenvalue weighted by atomic mass is 10.2. The zero-order valence-electron chi connectivity index (χ0n) is 19.2. The Morgan fingerprint density at radius 3 is 2.25 bits per heavy atom. The summed E-state index contributed by atoms with van der Waals surface area (Å²) in [4.78, 5) is 27.5.